The maximum atomic E-state index is 13.2. The van der Waals surface area contributed by atoms with Crippen molar-refractivity contribution in [1.82, 2.24) is 15.6 Å². The molecule has 1 aromatic carbocycles. The lowest BCUT2D eigenvalue weighted by atomic mass is 9.49. The summed E-state index contributed by atoms with van der Waals surface area (Å²) in [4.78, 5) is 20.1. The molecule has 1 saturated carbocycles. The Morgan fingerprint density at radius 3 is 2.39 bits per heavy atom. The highest BCUT2D eigenvalue weighted by molar-refractivity contribution is 6.31. The summed E-state index contributed by atoms with van der Waals surface area (Å²) in [7, 11) is 0. The van der Waals surface area contributed by atoms with Crippen LogP contribution in [0.2, 0.25) is 5.02 Å². The number of carbonyl (C=O) groups is 1. The van der Waals surface area contributed by atoms with E-state index in [1.54, 1.807) is 24.4 Å². The van der Waals surface area contributed by atoms with E-state index in [-0.39, 0.29) is 28.9 Å². The number of halogens is 1. The molecule has 0 unspecified atom stereocenters. The monoisotopic (exact) mass is 507 g/mol. The van der Waals surface area contributed by atoms with Gasteiger partial charge in [-0.2, -0.15) is 5.26 Å². The number of nitrogens with one attached hydrogen (secondary N) is 2. The molecule has 8 heteroatoms. The first kappa shape index (κ1) is 24.9. The Balaban J connectivity index is 1.22. The third-order valence-corrected chi connectivity index (χ3v) is 8.90. The van der Waals surface area contributed by atoms with E-state index in [4.69, 9.17) is 21.6 Å². The summed E-state index contributed by atoms with van der Waals surface area (Å²) in [5.41, 5.74) is 0.846. The number of amides is 1. The highest BCUT2D eigenvalue weighted by atomic mass is 35.5. The zero-order valence-electron chi connectivity index (χ0n) is 21.4. The van der Waals surface area contributed by atoms with Gasteiger partial charge in [0.15, 0.2) is 0 Å². The molecule has 0 radical (unpaired) electrons. The number of pyridine rings is 1. The predicted molar refractivity (Wildman–Crippen MR) is 140 cm³/mol. The number of aromatic nitrogens is 1. The minimum absolute atomic E-state index is 0.0922. The summed E-state index contributed by atoms with van der Waals surface area (Å²) < 4.78 is 6.32. The van der Waals surface area contributed by atoms with Gasteiger partial charge in [-0.15, -0.1) is 0 Å². The van der Waals surface area contributed by atoms with E-state index in [1.165, 1.54) is 12.8 Å². The lowest BCUT2D eigenvalue weighted by Crippen LogP contribution is -2.74. The molecule has 2 aliphatic heterocycles. The van der Waals surface area contributed by atoms with Crippen LogP contribution in [0.5, 0.6) is 5.75 Å². The van der Waals surface area contributed by atoms with Crippen molar-refractivity contribution in [3.05, 3.63) is 52.7 Å². The molecular formula is C28H34ClN5O2. The lowest BCUT2D eigenvalue weighted by Gasteiger charge is -2.63. The van der Waals surface area contributed by atoms with Crippen molar-refractivity contribution in [2.75, 3.05) is 31.1 Å². The molecule has 3 fully saturated rings. The highest BCUT2D eigenvalue weighted by Gasteiger charge is 2.64. The Morgan fingerprint density at radius 1 is 1.17 bits per heavy atom. The van der Waals surface area contributed by atoms with Gasteiger partial charge in [0.1, 0.15) is 23.7 Å². The van der Waals surface area contributed by atoms with E-state index in [1.807, 2.05) is 12.1 Å². The summed E-state index contributed by atoms with van der Waals surface area (Å²) in [6.45, 7) is 12.7. The number of hydrogen-bond donors (Lipinski definition) is 2. The molecule has 190 valence electrons. The first-order valence-corrected chi connectivity index (χ1v) is 13.0. The van der Waals surface area contributed by atoms with Crippen molar-refractivity contribution in [3.63, 3.8) is 0 Å². The van der Waals surface area contributed by atoms with Crippen LogP contribution >= 0.6 is 11.6 Å². The third-order valence-electron chi connectivity index (χ3n) is 8.59. The van der Waals surface area contributed by atoms with Crippen molar-refractivity contribution in [1.29, 1.82) is 5.26 Å². The van der Waals surface area contributed by atoms with Crippen LogP contribution in [-0.4, -0.2) is 49.2 Å². The molecule has 0 bridgehead atoms. The average Bonchev–Trinajstić information content (AvgIpc) is 2.84. The van der Waals surface area contributed by atoms with Crippen LogP contribution in [-0.2, 0) is 0 Å². The molecule has 1 aliphatic carbocycles. The van der Waals surface area contributed by atoms with Crippen LogP contribution in [0.1, 0.15) is 56.5 Å². The van der Waals surface area contributed by atoms with Gasteiger partial charge in [0.25, 0.3) is 5.91 Å². The van der Waals surface area contributed by atoms with Gasteiger partial charge in [-0.1, -0.05) is 39.3 Å². The molecule has 2 N–H and O–H groups in total. The van der Waals surface area contributed by atoms with E-state index >= 15 is 0 Å². The van der Waals surface area contributed by atoms with Crippen LogP contribution < -0.4 is 20.3 Å². The van der Waals surface area contributed by atoms with Gasteiger partial charge in [0, 0.05) is 55.3 Å². The zero-order chi connectivity index (χ0) is 25.7. The fourth-order valence-electron chi connectivity index (χ4n) is 6.56. The van der Waals surface area contributed by atoms with Crippen molar-refractivity contribution in [3.8, 4) is 11.8 Å². The quantitative estimate of drug-likeness (QED) is 0.623. The number of ether oxygens (including phenoxy) is 1. The second kappa shape index (κ2) is 8.93. The van der Waals surface area contributed by atoms with Gasteiger partial charge >= 0.3 is 0 Å². The number of nitrogens with zero attached hydrogens (tertiary/aromatic N) is 3. The maximum Gasteiger partial charge on any atom is 0.253 e. The number of carbonyl (C=O) groups excluding carboxylic acids is 1. The third kappa shape index (κ3) is 4.21. The number of benzene rings is 1. The number of hydrogen-bond acceptors (Lipinski definition) is 6. The molecule has 3 aliphatic rings. The molecular weight excluding hydrogens is 474 g/mol. The smallest absolute Gasteiger partial charge is 0.253 e. The molecule has 1 aromatic heterocycles. The van der Waals surface area contributed by atoms with Crippen LogP contribution in [0.25, 0.3) is 0 Å². The fourth-order valence-corrected chi connectivity index (χ4v) is 6.77. The second-order valence-electron chi connectivity index (χ2n) is 11.8. The molecule has 5 rings (SSSR count). The van der Waals surface area contributed by atoms with Crippen molar-refractivity contribution in [2.24, 2.45) is 16.2 Å². The summed E-state index contributed by atoms with van der Waals surface area (Å²) in [5, 5.41) is 16.1. The summed E-state index contributed by atoms with van der Waals surface area (Å²) in [6, 6.07) is 10.9. The minimum atomic E-state index is -0.312. The minimum Gasteiger partial charge on any atom is -0.489 e. The second-order valence-corrected chi connectivity index (χ2v) is 12.2. The molecule has 1 spiro atoms. The summed E-state index contributed by atoms with van der Waals surface area (Å²) in [6.07, 6.45) is 3.92. The van der Waals surface area contributed by atoms with Crippen LogP contribution in [0.4, 0.5) is 5.82 Å². The van der Waals surface area contributed by atoms with Gasteiger partial charge in [0.05, 0.1) is 16.1 Å². The maximum absolute atomic E-state index is 13.2. The first-order valence-electron chi connectivity index (χ1n) is 12.6. The van der Waals surface area contributed by atoms with Gasteiger partial charge < -0.3 is 20.3 Å². The molecule has 36 heavy (non-hydrogen) atoms. The number of nitriles is 1. The van der Waals surface area contributed by atoms with Crippen molar-refractivity contribution >= 4 is 23.3 Å². The molecule has 1 amide bonds. The lowest BCUT2D eigenvalue weighted by molar-refractivity contribution is -0.164. The van der Waals surface area contributed by atoms with E-state index in [2.05, 4.69) is 54.3 Å². The van der Waals surface area contributed by atoms with Crippen molar-refractivity contribution < 1.29 is 9.53 Å². The average molecular weight is 508 g/mol. The number of piperidine rings is 1. The molecule has 2 aromatic rings. The standard InChI is InChI=1S/C28H34ClN5O2/c1-26(2)24(27(3,4)25(26)36-20-7-5-18(14-30)21(29)13-20)33-23(35)19-6-8-22(32-15-19)34-11-9-28(10-12-34)16-31-17-28/h5-8,13,15,24-25,31H,9-12,16-17H2,1-4H3,(H,33,35). The van der Waals surface area contributed by atoms with Crippen LogP contribution in [0.3, 0.4) is 0 Å². The molecule has 0 atom stereocenters. The predicted octanol–water partition coefficient (Wildman–Crippen LogP) is 4.41. The molecule has 2 saturated heterocycles. The molecule has 3 heterocycles. The molecule has 7 nitrogen and oxygen atoms in total. The van der Waals surface area contributed by atoms with Gasteiger partial charge in [-0.25, -0.2) is 4.98 Å². The topological polar surface area (TPSA) is 90.3 Å². The van der Waals surface area contributed by atoms with Gasteiger partial charge in [-0.05, 0) is 42.5 Å². The Bertz CT molecular complexity index is 1170. The van der Waals surface area contributed by atoms with Gasteiger partial charge in [-0.3, -0.25) is 4.79 Å². The SMILES string of the molecule is CC1(C)C(NC(=O)c2ccc(N3CCC4(CC3)CNC4)nc2)C(C)(C)C1Oc1ccc(C#N)c(Cl)c1. The summed E-state index contributed by atoms with van der Waals surface area (Å²) in [5.74, 6) is 1.43. The van der Waals surface area contributed by atoms with E-state index < -0.39 is 0 Å². The number of rotatable bonds is 5. The Labute approximate surface area is 218 Å². The Kier molecular flexibility index (Phi) is 6.17. The first-order chi connectivity index (χ1) is 17.1. The number of anilines is 1. The zero-order valence-corrected chi connectivity index (χ0v) is 22.2. The van der Waals surface area contributed by atoms with E-state index in [0.29, 0.717) is 27.3 Å². The Morgan fingerprint density at radius 2 is 1.86 bits per heavy atom. The van der Waals surface area contributed by atoms with Crippen LogP contribution in [0.15, 0.2) is 36.5 Å². The van der Waals surface area contributed by atoms with E-state index in [9.17, 15) is 4.79 Å². The van der Waals surface area contributed by atoms with Gasteiger partial charge in [0.2, 0.25) is 0 Å². The largest absolute Gasteiger partial charge is 0.489 e. The van der Waals surface area contributed by atoms with Crippen molar-refractivity contribution in [2.45, 2.75) is 52.7 Å². The highest BCUT2D eigenvalue weighted by Crippen LogP contribution is 2.55. The Hall–Kier alpha value is -2.82. The van der Waals surface area contributed by atoms with Crippen LogP contribution in [0, 0.1) is 27.6 Å². The normalized spacial score (nSPS) is 25.3. The summed E-state index contributed by atoms with van der Waals surface area (Å²) >= 11 is 6.19. The fraction of sp³-hybridized carbons (Fsp3) is 0.536. The van der Waals surface area contributed by atoms with E-state index in [0.717, 1.165) is 32.0 Å².